The molecule has 0 bridgehead atoms. The number of benzene rings is 4. The highest BCUT2D eigenvalue weighted by molar-refractivity contribution is 6.91. The van der Waals surface area contributed by atoms with Gasteiger partial charge in [-0.3, -0.25) is 9.59 Å². The smallest absolute Gasteiger partial charge is 0.279 e. The summed E-state index contributed by atoms with van der Waals surface area (Å²) in [4.78, 5) is 30.2. The summed E-state index contributed by atoms with van der Waals surface area (Å²) in [5.41, 5.74) is 1.54. The summed E-state index contributed by atoms with van der Waals surface area (Å²) in [5, 5.41) is 17.3. The zero-order valence-electron chi connectivity index (χ0n) is 28.4. The van der Waals surface area contributed by atoms with Gasteiger partial charge in [0.05, 0.1) is 57.9 Å². The minimum absolute atomic E-state index is 0.0187. The molecule has 1 fully saturated rings. The predicted octanol–water partition coefficient (Wildman–Crippen LogP) is 5.55. The van der Waals surface area contributed by atoms with Crippen LogP contribution in [0.1, 0.15) is 24.5 Å². The number of carbonyl (C=O) groups is 1. The van der Waals surface area contributed by atoms with Gasteiger partial charge in [-0.05, 0) is 66.1 Å². The van der Waals surface area contributed by atoms with Crippen LogP contribution in [0, 0.1) is 5.92 Å². The summed E-state index contributed by atoms with van der Waals surface area (Å²) < 4.78 is 19.5. The number of hydrogen-bond acceptors (Lipinski definition) is 7. The molecule has 1 aromatic heterocycles. The van der Waals surface area contributed by atoms with Crippen molar-refractivity contribution in [2.24, 2.45) is 5.92 Å². The van der Waals surface area contributed by atoms with Crippen LogP contribution in [0.15, 0.2) is 102 Å². The molecule has 2 aliphatic heterocycles. The monoisotopic (exact) mass is 675 g/mol. The van der Waals surface area contributed by atoms with Crippen LogP contribution in [-0.2, 0) is 21.7 Å². The SMILES string of the molecule is COc1ccc([Si](C)(C)[C@@H]2[C@@H](CCO)O[C@]3(C(=O)N(Cc4cccc(-n5ncc6ccccc6c5=O)c4)c4ccc(OC)cc43)[C@H]2C)cc1. The van der Waals surface area contributed by atoms with Gasteiger partial charge >= 0.3 is 0 Å². The molecule has 4 atom stereocenters. The van der Waals surface area contributed by atoms with Gasteiger partial charge in [-0.15, -0.1) is 0 Å². The van der Waals surface area contributed by atoms with E-state index in [1.54, 1.807) is 31.4 Å². The number of methoxy groups -OCH3 is 2. The summed E-state index contributed by atoms with van der Waals surface area (Å²) in [5.74, 6) is 1.09. The van der Waals surface area contributed by atoms with Gasteiger partial charge in [-0.1, -0.05) is 67.7 Å². The third kappa shape index (κ3) is 5.26. The summed E-state index contributed by atoms with van der Waals surface area (Å²) in [6.45, 7) is 6.99. The first-order valence-corrected chi connectivity index (χ1v) is 19.7. The number of ether oxygens (including phenoxy) is 3. The van der Waals surface area contributed by atoms with E-state index in [4.69, 9.17) is 14.2 Å². The van der Waals surface area contributed by atoms with Gasteiger partial charge < -0.3 is 24.2 Å². The zero-order valence-corrected chi connectivity index (χ0v) is 29.4. The number of hydrogen-bond donors (Lipinski definition) is 1. The lowest BCUT2D eigenvalue weighted by Crippen LogP contribution is -2.51. The molecule has 49 heavy (non-hydrogen) atoms. The average Bonchev–Trinajstić information content (AvgIpc) is 3.54. The molecule has 1 N–H and O–H groups in total. The Kier molecular flexibility index (Phi) is 8.42. The number of rotatable bonds is 9. The van der Waals surface area contributed by atoms with Crippen molar-refractivity contribution in [3.05, 3.63) is 119 Å². The Balaban J connectivity index is 1.29. The lowest BCUT2D eigenvalue weighted by Gasteiger charge is -2.37. The van der Waals surface area contributed by atoms with Crippen LogP contribution >= 0.6 is 0 Å². The second-order valence-electron chi connectivity index (χ2n) is 13.6. The highest BCUT2D eigenvalue weighted by Crippen LogP contribution is 2.60. The van der Waals surface area contributed by atoms with Gasteiger partial charge in [0.1, 0.15) is 11.5 Å². The van der Waals surface area contributed by atoms with E-state index in [9.17, 15) is 9.90 Å². The Morgan fingerprint density at radius 3 is 2.39 bits per heavy atom. The fourth-order valence-electron chi connectivity index (χ4n) is 8.22. The van der Waals surface area contributed by atoms with Crippen molar-refractivity contribution in [2.75, 3.05) is 25.7 Å². The lowest BCUT2D eigenvalue weighted by molar-refractivity contribution is -0.146. The molecular weight excluding hydrogens is 635 g/mol. The molecule has 0 aliphatic carbocycles. The Labute approximate surface area is 286 Å². The molecule has 252 valence electrons. The second-order valence-corrected chi connectivity index (χ2v) is 18.2. The van der Waals surface area contributed by atoms with Crippen molar-refractivity contribution < 1.29 is 24.1 Å². The van der Waals surface area contributed by atoms with E-state index in [1.807, 2.05) is 72.8 Å². The molecule has 0 saturated carbocycles. The average molecular weight is 676 g/mol. The van der Waals surface area contributed by atoms with E-state index in [0.717, 1.165) is 28.0 Å². The molecule has 1 amide bonds. The van der Waals surface area contributed by atoms with Crippen molar-refractivity contribution in [2.45, 2.75) is 50.2 Å². The molecule has 10 heteroatoms. The van der Waals surface area contributed by atoms with Gasteiger partial charge in [0.25, 0.3) is 11.5 Å². The molecule has 7 rings (SSSR count). The van der Waals surface area contributed by atoms with Crippen LogP contribution in [0.2, 0.25) is 18.6 Å². The first-order chi connectivity index (χ1) is 23.6. The van der Waals surface area contributed by atoms with E-state index in [1.165, 1.54) is 9.87 Å². The third-order valence-corrected chi connectivity index (χ3v) is 15.0. The number of aromatic nitrogens is 2. The highest BCUT2D eigenvalue weighted by Gasteiger charge is 2.66. The Hall–Kier alpha value is -4.77. The zero-order chi connectivity index (χ0) is 34.5. The Morgan fingerprint density at radius 1 is 0.918 bits per heavy atom. The Bertz CT molecular complexity index is 2100. The number of fused-ring (bicyclic) bond motifs is 3. The topological polar surface area (TPSA) is 103 Å². The fraction of sp³-hybridized carbons (Fsp3) is 0.308. The number of aliphatic hydroxyl groups is 1. The molecule has 3 heterocycles. The molecule has 4 aromatic carbocycles. The van der Waals surface area contributed by atoms with Crippen molar-refractivity contribution in [3.63, 3.8) is 0 Å². The fourth-order valence-corrected chi connectivity index (χ4v) is 12.3. The summed E-state index contributed by atoms with van der Waals surface area (Å²) in [6, 6.07) is 28.9. The van der Waals surface area contributed by atoms with E-state index in [0.29, 0.717) is 23.2 Å². The first kappa shape index (κ1) is 32.8. The van der Waals surface area contributed by atoms with Gasteiger partial charge in [0.15, 0.2) is 5.60 Å². The molecule has 5 aromatic rings. The van der Waals surface area contributed by atoms with Gasteiger partial charge in [-0.25, -0.2) is 0 Å². The minimum Gasteiger partial charge on any atom is -0.497 e. The Morgan fingerprint density at radius 2 is 1.65 bits per heavy atom. The van der Waals surface area contributed by atoms with Crippen molar-refractivity contribution >= 4 is 35.6 Å². The first-order valence-electron chi connectivity index (χ1n) is 16.6. The maximum absolute atomic E-state index is 15.0. The predicted molar refractivity (Wildman–Crippen MR) is 193 cm³/mol. The van der Waals surface area contributed by atoms with Crippen molar-refractivity contribution in [1.29, 1.82) is 0 Å². The molecule has 9 nitrogen and oxygen atoms in total. The highest BCUT2D eigenvalue weighted by atomic mass is 28.3. The van der Waals surface area contributed by atoms with Crippen LogP contribution in [0.3, 0.4) is 0 Å². The van der Waals surface area contributed by atoms with E-state index in [-0.39, 0.29) is 42.2 Å². The maximum atomic E-state index is 15.0. The normalized spacial score (nSPS) is 21.8. The van der Waals surface area contributed by atoms with Gasteiger partial charge in [0, 0.05) is 23.5 Å². The van der Waals surface area contributed by atoms with Crippen molar-refractivity contribution in [3.8, 4) is 17.2 Å². The molecule has 0 radical (unpaired) electrons. The van der Waals surface area contributed by atoms with Gasteiger partial charge in [0.2, 0.25) is 0 Å². The molecule has 0 unspecified atom stereocenters. The number of aliphatic hydroxyl groups excluding tert-OH is 1. The third-order valence-electron chi connectivity index (χ3n) is 10.6. The summed E-state index contributed by atoms with van der Waals surface area (Å²) in [7, 11) is 0.965. The van der Waals surface area contributed by atoms with E-state index < -0.39 is 13.7 Å². The largest absolute Gasteiger partial charge is 0.497 e. The summed E-state index contributed by atoms with van der Waals surface area (Å²) in [6.07, 6.45) is 1.78. The van der Waals surface area contributed by atoms with E-state index >= 15 is 4.79 Å². The van der Waals surface area contributed by atoms with Crippen LogP contribution in [-0.4, -0.2) is 55.8 Å². The van der Waals surface area contributed by atoms with Crippen molar-refractivity contribution in [1.82, 2.24) is 9.78 Å². The number of anilines is 1. The molecule has 1 saturated heterocycles. The molecular formula is C39H41N3O6Si. The van der Waals surface area contributed by atoms with Crippen LogP contribution < -0.4 is 25.1 Å². The molecule has 1 spiro atoms. The minimum atomic E-state index is -2.31. The number of carbonyl (C=O) groups excluding carboxylic acids is 1. The number of nitrogens with zero attached hydrogens (tertiary/aromatic N) is 3. The molecule has 2 aliphatic rings. The maximum Gasteiger partial charge on any atom is 0.279 e. The van der Waals surface area contributed by atoms with E-state index in [2.05, 4.69) is 37.2 Å². The van der Waals surface area contributed by atoms with Crippen LogP contribution in [0.4, 0.5) is 5.69 Å². The summed E-state index contributed by atoms with van der Waals surface area (Å²) >= 11 is 0. The van der Waals surface area contributed by atoms with Crippen LogP contribution in [0.5, 0.6) is 11.5 Å². The second kappa shape index (κ2) is 12.6. The van der Waals surface area contributed by atoms with Gasteiger partial charge in [-0.2, -0.15) is 9.78 Å². The van der Waals surface area contributed by atoms with Crippen LogP contribution in [0.25, 0.3) is 16.5 Å². The quantitative estimate of drug-likeness (QED) is 0.205. The standard InChI is InChI=1S/C39H41N3O6Si/c1-25-36(49(4,5)31-16-13-29(46-2)14-17-31)35(19-20-43)48-39(25)33-22-30(47-3)15-18-34(33)41(38(39)45)24-26-9-8-11-28(21-26)42-37(44)32-12-7-6-10-27(32)23-40-42/h6-18,21-23,25,35-36,43H,19-20,24H2,1-5H3/t25-,35+,36-,39+/m0/s1. The lowest BCUT2D eigenvalue weighted by atomic mass is 9.82. The number of amides is 1.